The Labute approximate surface area is 115 Å². The Morgan fingerprint density at radius 3 is 2.37 bits per heavy atom. The van der Waals surface area contributed by atoms with Gasteiger partial charge in [0.25, 0.3) is 0 Å². The van der Waals surface area contributed by atoms with E-state index in [1.54, 1.807) is 0 Å². The molecule has 1 atom stereocenters. The van der Waals surface area contributed by atoms with Crippen LogP contribution in [-0.2, 0) is 0 Å². The van der Waals surface area contributed by atoms with Crippen molar-refractivity contribution in [1.29, 1.82) is 0 Å². The molecule has 2 nitrogen and oxygen atoms in total. The van der Waals surface area contributed by atoms with Crippen molar-refractivity contribution in [2.75, 3.05) is 0 Å². The Morgan fingerprint density at radius 2 is 1.74 bits per heavy atom. The van der Waals surface area contributed by atoms with Gasteiger partial charge in [0, 0.05) is 11.4 Å². The molecule has 0 saturated carbocycles. The zero-order valence-corrected chi connectivity index (χ0v) is 12.0. The molecule has 0 fully saturated rings. The third kappa shape index (κ3) is 3.07. The number of rotatable bonds is 5. The van der Waals surface area contributed by atoms with Crippen LogP contribution in [0.5, 0.6) is 5.75 Å². The lowest BCUT2D eigenvalue weighted by Gasteiger charge is -2.18. The second-order valence-corrected chi connectivity index (χ2v) is 5.26. The fourth-order valence-corrected chi connectivity index (χ4v) is 2.44. The molecule has 2 N–H and O–H groups in total. The first-order valence-corrected chi connectivity index (χ1v) is 7.07. The Kier molecular flexibility index (Phi) is 4.43. The van der Waals surface area contributed by atoms with E-state index in [2.05, 4.69) is 31.2 Å². The highest BCUT2D eigenvalue weighted by Gasteiger charge is 2.12. The van der Waals surface area contributed by atoms with Crippen molar-refractivity contribution in [3.63, 3.8) is 0 Å². The number of hydrogen-bond acceptors (Lipinski definition) is 2. The summed E-state index contributed by atoms with van der Waals surface area (Å²) in [5, 5.41) is 2.36. The summed E-state index contributed by atoms with van der Waals surface area (Å²) in [6, 6.07) is 12.6. The van der Waals surface area contributed by atoms with Gasteiger partial charge in [-0.15, -0.1) is 0 Å². The van der Waals surface area contributed by atoms with Crippen molar-refractivity contribution < 1.29 is 4.74 Å². The fourth-order valence-electron chi connectivity index (χ4n) is 2.44. The van der Waals surface area contributed by atoms with Crippen LogP contribution in [0.4, 0.5) is 0 Å². The summed E-state index contributed by atoms with van der Waals surface area (Å²) in [4.78, 5) is 0. The third-order valence-electron chi connectivity index (χ3n) is 3.28. The van der Waals surface area contributed by atoms with Crippen molar-refractivity contribution in [2.45, 2.75) is 45.8 Å². The zero-order chi connectivity index (χ0) is 13.8. The van der Waals surface area contributed by atoms with Crippen LogP contribution >= 0.6 is 0 Å². The van der Waals surface area contributed by atoms with Gasteiger partial charge in [-0.05, 0) is 37.3 Å². The number of nitrogens with two attached hydrogens (primary N) is 1. The van der Waals surface area contributed by atoms with E-state index >= 15 is 0 Å². The minimum absolute atomic E-state index is 0.1000. The van der Waals surface area contributed by atoms with Crippen LogP contribution in [0.2, 0.25) is 0 Å². The lowest BCUT2D eigenvalue weighted by atomic mass is 9.96. The van der Waals surface area contributed by atoms with E-state index in [1.807, 2.05) is 26.0 Å². The third-order valence-corrected chi connectivity index (χ3v) is 3.28. The Bertz CT molecular complexity index is 548. The molecule has 0 bridgehead atoms. The minimum Gasteiger partial charge on any atom is -0.490 e. The lowest BCUT2D eigenvalue weighted by molar-refractivity contribution is 0.245. The van der Waals surface area contributed by atoms with Crippen LogP contribution in [0.15, 0.2) is 36.4 Å². The summed E-state index contributed by atoms with van der Waals surface area (Å²) in [5.74, 6) is 0.943. The second-order valence-electron chi connectivity index (χ2n) is 5.26. The summed E-state index contributed by atoms with van der Waals surface area (Å²) in [5.41, 5.74) is 7.50. The highest BCUT2D eigenvalue weighted by molar-refractivity contribution is 5.91. The summed E-state index contributed by atoms with van der Waals surface area (Å²) in [6.45, 7) is 6.26. The molecule has 0 aliphatic heterocycles. The van der Waals surface area contributed by atoms with Crippen LogP contribution in [0.1, 0.15) is 45.2 Å². The molecule has 0 amide bonds. The van der Waals surface area contributed by atoms with Gasteiger partial charge in [-0.1, -0.05) is 43.7 Å². The molecule has 102 valence electrons. The molecule has 2 rings (SSSR count). The molecule has 0 heterocycles. The molecular formula is C17H23NO. The maximum absolute atomic E-state index is 6.28. The van der Waals surface area contributed by atoms with Crippen LogP contribution in [-0.4, -0.2) is 6.10 Å². The smallest absolute Gasteiger partial charge is 0.127 e. The van der Waals surface area contributed by atoms with E-state index in [0.717, 1.165) is 24.0 Å². The molecule has 0 aromatic heterocycles. The van der Waals surface area contributed by atoms with Crippen molar-refractivity contribution >= 4 is 10.8 Å². The zero-order valence-electron chi connectivity index (χ0n) is 12.0. The van der Waals surface area contributed by atoms with Crippen LogP contribution in [0.3, 0.4) is 0 Å². The van der Waals surface area contributed by atoms with Crippen LogP contribution in [0, 0.1) is 0 Å². The van der Waals surface area contributed by atoms with Gasteiger partial charge in [0.15, 0.2) is 0 Å². The summed E-state index contributed by atoms with van der Waals surface area (Å²) >= 11 is 0. The molecule has 2 aromatic rings. The molecule has 0 spiro atoms. The molecular weight excluding hydrogens is 234 g/mol. The number of benzene rings is 2. The average Bonchev–Trinajstić information content (AvgIpc) is 2.38. The average molecular weight is 257 g/mol. The van der Waals surface area contributed by atoms with E-state index < -0.39 is 0 Å². The first kappa shape index (κ1) is 13.9. The molecule has 0 saturated heterocycles. The predicted octanol–water partition coefficient (Wildman–Crippen LogP) is 4.43. The summed E-state index contributed by atoms with van der Waals surface area (Å²) in [7, 11) is 0. The molecule has 0 aliphatic carbocycles. The summed E-state index contributed by atoms with van der Waals surface area (Å²) < 4.78 is 5.88. The van der Waals surface area contributed by atoms with Gasteiger partial charge < -0.3 is 10.5 Å². The standard InChI is InChI=1S/C17H23NO/c1-4-7-16(18)14-10-11-17(19-12(2)3)15-9-6-5-8-13(14)15/h5-6,8-12,16H,4,7,18H2,1-3H3. The highest BCUT2D eigenvalue weighted by atomic mass is 16.5. The van der Waals surface area contributed by atoms with E-state index in [4.69, 9.17) is 10.5 Å². The van der Waals surface area contributed by atoms with Crippen LogP contribution < -0.4 is 10.5 Å². The largest absolute Gasteiger partial charge is 0.490 e. The quantitative estimate of drug-likeness (QED) is 0.860. The topological polar surface area (TPSA) is 35.2 Å². The van der Waals surface area contributed by atoms with E-state index in [-0.39, 0.29) is 12.1 Å². The van der Waals surface area contributed by atoms with Gasteiger partial charge in [0.1, 0.15) is 5.75 Å². The van der Waals surface area contributed by atoms with Gasteiger partial charge in [-0.3, -0.25) is 0 Å². The Morgan fingerprint density at radius 1 is 1.05 bits per heavy atom. The van der Waals surface area contributed by atoms with Gasteiger partial charge in [0.2, 0.25) is 0 Å². The monoisotopic (exact) mass is 257 g/mol. The number of hydrogen-bond donors (Lipinski definition) is 1. The molecule has 19 heavy (non-hydrogen) atoms. The molecule has 2 aromatic carbocycles. The van der Waals surface area contributed by atoms with Gasteiger partial charge in [0.05, 0.1) is 6.10 Å². The highest BCUT2D eigenvalue weighted by Crippen LogP contribution is 2.32. The maximum atomic E-state index is 6.28. The molecule has 2 heteroatoms. The van der Waals surface area contributed by atoms with Crippen molar-refractivity contribution in [1.82, 2.24) is 0 Å². The number of ether oxygens (including phenoxy) is 1. The van der Waals surface area contributed by atoms with Crippen molar-refractivity contribution in [3.8, 4) is 5.75 Å². The van der Waals surface area contributed by atoms with Crippen molar-refractivity contribution in [3.05, 3.63) is 42.0 Å². The SMILES string of the molecule is CCCC(N)c1ccc(OC(C)C)c2ccccc12. The summed E-state index contributed by atoms with van der Waals surface area (Å²) in [6.07, 6.45) is 2.28. The Balaban J connectivity index is 2.51. The second kappa shape index (κ2) is 6.07. The van der Waals surface area contributed by atoms with Gasteiger partial charge in [-0.2, -0.15) is 0 Å². The van der Waals surface area contributed by atoms with Gasteiger partial charge in [-0.25, -0.2) is 0 Å². The Hall–Kier alpha value is -1.54. The maximum Gasteiger partial charge on any atom is 0.127 e. The van der Waals surface area contributed by atoms with E-state index in [1.165, 1.54) is 10.9 Å². The van der Waals surface area contributed by atoms with E-state index in [0.29, 0.717) is 0 Å². The molecule has 1 unspecified atom stereocenters. The first-order chi connectivity index (χ1) is 9.13. The predicted molar refractivity (Wildman–Crippen MR) is 81.5 cm³/mol. The van der Waals surface area contributed by atoms with Crippen LogP contribution in [0.25, 0.3) is 10.8 Å². The van der Waals surface area contributed by atoms with E-state index in [9.17, 15) is 0 Å². The van der Waals surface area contributed by atoms with Gasteiger partial charge >= 0.3 is 0 Å². The fraction of sp³-hybridized carbons (Fsp3) is 0.412. The molecule has 0 aliphatic rings. The first-order valence-electron chi connectivity index (χ1n) is 7.07. The minimum atomic E-state index is 0.1000. The van der Waals surface area contributed by atoms with Crippen molar-refractivity contribution in [2.24, 2.45) is 5.73 Å². The normalized spacial score (nSPS) is 12.9. The number of fused-ring (bicyclic) bond motifs is 1. The molecule has 0 radical (unpaired) electrons. The lowest BCUT2D eigenvalue weighted by Crippen LogP contribution is -2.11.